The van der Waals surface area contributed by atoms with Gasteiger partial charge in [-0.1, -0.05) is 18.2 Å². The highest BCUT2D eigenvalue weighted by molar-refractivity contribution is 5.95. The van der Waals surface area contributed by atoms with Crippen molar-refractivity contribution in [1.29, 1.82) is 0 Å². The van der Waals surface area contributed by atoms with Crippen molar-refractivity contribution in [3.63, 3.8) is 0 Å². The second kappa shape index (κ2) is 3.55. The molecule has 0 saturated carbocycles. The zero-order valence-electron chi connectivity index (χ0n) is 9.88. The minimum Gasteiger partial charge on any atom is -0.382 e. The number of aromatic amines is 2. The second-order valence-corrected chi connectivity index (χ2v) is 4.29. The number of para-hydroxylation sites is 1. The van der Waals surface area contributed by atoms with Crippen LogP contribution < -0.4 is 5.73 Å². The third-order valence-electron chi connectivity index (χ3n) is 3.16. The first kappa shape index (κ1) is 10.1. The molecule has 4 N–H and O–H groups in total. The topological polar surface area (TPSA) is 96.3 Å². The Morgan fingerprint density at radius 2 is 2.00 bits per heavy atom. The van der Waals surface area contributed by atoms with Gasteiger partial charge in [0.05, 0.1) is 0 Å². The average Bonchev–Trinajstić information content (AvgIpc) is 3.02. The number of rotatable bonds is 1. The quantitative estimate of drug-likeness (QED) is 0.482. The molecular formula is C13H10N6. The summed E-state index contributed by atoms with van der Waals surface area (Å²) in [6.45, 7) is 0. The predicted octanol–water partition coefficient (Wildman–Crippen LogP) is 2.08. The third-order valence-corrected chi connectivity index (χ3v) is 3.16. The van der Waals surface area contributed by atoms with Crippen LogP contribution in [0, 0.1) is 0 Å². The summed E-state index contributed by atoms with van der Waals surface area (Å²) in [4.78, 5) is 18.9. The number of anilines is 1. The first-order chi connectivity index (χ1) is 9.33. The fraction of sp³-hybridized carbons (Fsp3) is 0. The Balaban J connectivity index is 2.02. The van der Waals surface area contributed by atoms with Crippen LogP contribution in [-0.4, -0.2) is 24.9 Å². The van der Waals surface area contributed by atoms with E-state index in [4.69, 9.17) is 5.73 Å². The van der Waals surface area contributed by atoms with E-state index in [1.54, 1.807) is 0 Å². The summed E-state index contributed by atoms with van der Waals surface area (Å²) in [6, 6.07) is 8.06. The molecule has 3 aromatic heterocycles. The van der Waals surface area contributed by atoms with Crippen molar-refractivity contribution < 1.29 is 0 Å². The van der Waals surface area contributed by atoms with Crippen molar-refractivity contribution in [2.45, 2.75) is 0 Å². The summed E-state index contributed by atoms with van der Waals surface area (Å²) in [5.41, 5.74) is 9.11. The van der Waals surface area contributed by atoms with Crippen molar-refractivity contribution in [1.82, 2.24) is 24.9 Å². The lowest BCUT2D eigenvalue weighted by Gasteiger charge is -1.93. The fourth-order valence-electron chi connectivity index (χ4n) is 2.24. The van der Waals surface area contributed by atoms with Gasteiger partial charge in [-0.05, 0) is 6.07 Å². The third kappa shape index (κ3) is 1.40. The van der Waals surface area contributed by atoms with Gasteiger partial charge in [0.1, 0.15) is 17.7 Å². The van der Waals surface area contributed by atoms with E-state index in [-0.39, 0.29) is 0 Å². The molecule has 6 nitrogen and oxygen atoms in total. The van der Waals surface area contributed by atoms with Crippen molar-refractivity contribution in [3.05, 3.63) is 36.8 Å². The van der Waals surface area contributed by atoms with Gasteiger partial charge in [-0.3, -0.25) is 0 Å². The lowest BCUT2D eigenvalue weighted by molar-refractivity contribution is 1.21. The van der Waals surface area contributed by atoms with Crippen LogP contribution in [-0.2, 0) is 0 Å². The number of H-pyrrole nitrogens is 2. The van der Waals surface area contributed by atoms with Crippen LogP contribution in [0.4, 0.5) is 5.82 Å². The smallest absolute Gasteiger partial charge is 0.183 e. The van der Waals surface area contributed by atoms with Crippen LogP contribution in [0.2, 0.25) is 0 Å². The van der Waals surface area contributed by atoms with Crippen molar-refractivity contribution in [2.24, 2.45) is 0 Å². The molecule has 0 amide bonds. The number of hydrogen-bond acceptors (Lipinski definition) is 4. The first-order valence-electron chi connectivity index (χ1n) is 5.85. The highest BCUT2D eigenvalue weighted by atomic mass is 15.0. The summed E-state index contributed by atoms with van der Waals surface area (Å²) < 4.78 is 0. The Morgan fingerprint density at radius 1 is 1.11 bits per heavy atom. The molecule has 4 aromatic rings. The highest BCUT2D eigenvalue weighted by Gasteiger charge is 2.12. The molecule has 6 heteroatoms. The van der Waals surface area contributed by atoms with Crippen LogP contribution in [0.5, 0.6) is 0 Å². The minimum atomic E-state index is 0.406. The molecule has 0 unspecified atom stereocenters. The SMILES string of the molecule is Nc1ncnc2nc(-c3c[nH]c4ccccc34)[nH]c12. The molecule has 0 aliphatic carbocycles. The van der Waals surface area contributed by atoms with E-state index < -0.39 is 0 Å². The molecule has 0 fully saturated rings. The van der Waals surface area contributed by atoms with Gasteiger partial charge in [-0.2, -0.15) is 0 Å². The Labute approximate surface area is 107 Å². The number of nitrogens with two attached hydrogens (primary N) is 1. The van der Waals surface area contributed by atoms with E-state index in [0.717, 1.165) is 22.3 Å². The van der Waals surface area contributed by atoms with E-state index in [1.165, 1.54) is 6.33 Å². The zero-order chi connectivity index (χ0) is 12.8. The van der Waals surface area contributed by atoms with Crippen molar-refractivity contribution >= 4 is 27.9 Å². The van der Waals surface area contributed by atoms with E-state index in [0.29, 0.717) is 17.0 Å². The number of benzene rings is 1. The maximum Gasteiger partial charge on any atom is 0.183 e. The normalized spacial score (nSPS) is 11.4. The van der Waals surface area contributed by atoms with E-state index >= 15 is 0 Å². The highest BCUT2D eigenvalue weighted by Crippen LogP contribution is 2.28. The monoisotopic (exact) mass is 250 g/mol. The van der Waals surface area contributed by atoms with Gasteiger partial charge in [0, 0.05) is 22.7 Å². The van der Waals surface area contributed by atoms with Crippen LogP contribution in [0.3, 0.4) is 0 Å². The number of nitrogens with one attached hydrogen (secondary N) is 2. The van der Waals surface area contributed by atoms with Gasteiger partial charge in [-0.25, -0.2) is 15.0 Å². The molecule has 0 bridgehead atoms. The Bertz CT molecular complexity index is 888. The molecule has 0 atom stereocenters. The number of nitrogen functional groups attached to an aromatic ring is 1. The van der Waals surface area contributed by atoms with Gasteiger partial charge in [0.15, 0.2) is 11.5 Å². The molecule has 3 heterocycles. The maximum absolute atomic E-state index is 5.81. The summed E-state index contributed by atoms with van der Waals surface area (Å²) in [7, 11) is 0. The second-order valence-electron chi connectivity index (χ2n) is 4.29. The molecule has 4 rings (SSSR count). The zero-order valence-corrected chi connectivity index (χ0v) is 9.88. The summed E-state index contributed by atoms with van der Waals surface area (Å²) >= 11 is 0. The largest absolute Gasteiger partial charge is 0.382 e. The molecule has 0 radical (unpaired) electrons. The summed E-state index contributed by atoms with van der Waals surface area (Å²) in [6.07, 6.45) is 3.34. The Morgan fingerprint density at radius 3 is 2.89 bits per heavy atom. The number of nitrogens with zero attached hydrogens (tertiary/aromatic N) is 3. The van der Waals surface area contributed by atoms with Crippen LogP contribution in [0.1, 0.15) is 0 Å². The lowest BCUT2D eigenvalue weighted by Crippen LogP contribution is -1.91. The molecule has 0 saturated heterocycles. The van der Waals surface area contributed by atoms with Gasteiger partial charge in [-0.15, -0.1) is 0 Å². The number of imidazole rings is 1. The molecule has 0 aliphatic heterocycles. The van der Waals surface area contributed by atoms with E-state index in [1.807, 2.05) is 30.5 Å². The Kier molecular flexibility index (Phi) is 1.88. The van der Waals surface area contributed by atoms with Gasteiger partial charge < -0.3 is 15.7 Å². The maximum atomic E-state index is 5.81. The molecule has 0 spiro atoms. The van der Waals surface area contributed by atoms with Gasteiger partial charge in [0.2, 0.25) is 0 Å². The predicted molar refractivity (Wildman–Crippen MR) is 73.4 cm³/mol. The fourth-order valence-corrected chi connectivity index (χ4v) is 2.24. The van der Waals surface area contributed by atoms with Crippen molar-refractivity contribution in [3.8, 4) is 11.4 Å². The van der Waals surface area contributed by atoms with Crippen LogP contribution in [0.25, 0.3) is 33.5 Å². The van der Waals surface area contributed by atoms with E-state index in [2.05, 4.69) is 24.9 Å². The summed E-state index contributed by atoms with van der Waals surface area (Å²) in [5, 5.41) is 1.10. The molecule has 92 valence electrons. The molecular weight excluding hydrogens is 240 g/mol. The Hall–Kier alpha value is -2.89. The number of fused-ring (bicyclic) bond motifs is 2. The molecule has 19 heavy (non-hydrogen) atoms. The summed E-state index contributed by atoms with van der Waals surface area (Å²) in [5.74, 6) is 1.14. The van der Waals surface area contributed by atoms with Crippen LogP contribution >= 0.6 is 0 Å². The van der Waals surface area contributed by atoms with E-state index in [9.17, 15) is 0 Å². The standard InChI is InChI=1S/C13H10N6/c14-11-10-13(17-6-16-11)19-12(18-10)8-5-15-9-4-2-1-3-7(8)9/h1-6,15H,(H3,14,16,17,18,19). The van der Waals surface area contributed by atoms with Crippen LogP contribution in [0.15, 0.2) is 36.8 Å². The minimum absolute atomic E-state index is 0.406. The lowest BCUT2D eigenvalue weighted by atomic mass is 10.2. The number of aromatic nitrogens is 5. The average molecular weight is 250 g/mol. The van der Waals surface area contributed by atoms with Crippen molar-refractivity contribution in [2.75, 3.05) is 5.73 Å². The van der Waals surface area contributed by atoms with Gasteiger partial charge in [0.25, 0.3) is 0 Å². The molecule has 0 aliphatic rings. The first-order valence-corrected chi connectivity index (χ1v) is 5.85. The van der Waals surface area contributed by atoms with Gasteiger partial charge >= 0.3 is 0 Å². The molecule has 1 aromatic carbocycles. The number of hydrogen-bond donors (Lipinski definition) is 3.